The molecule has 160 valence electrons. The van der Waals surface area contributed by atoms with E-state index in [0.717, 1.165) is 5.56 Å². The highest BCUT2D eigenvalue weighted by molar-refractivity contribution is 5.87. The number of hydrogen-bond donors (Lipinski definition) is 2. The van der Waals surface area contributed by atoms with Crippen LogP contribution in [0.15, 0.2) is 60.7 Å². The Kier molecular flexibility index (Phi) is 7.21. The van der Waals surface area contributed by atoms with Gasteiger partial charge in [0.05, 0.1) is 0 Å². The van der Waals surface area contributed by atoms with E-state index >= 15 is 0 Å². The Morgan fingerprint density at radius 1 is 0.900 bits per heavy atom. The fraction of sp³-hybridized carbons (Fsp3) is 0.348. The zero-order valence-electron chi connectivity index (χ0n) is 17.5. The van der Waals surface area contributed by atoms with Crippen molar-refractivity contribution in [3.63, 3.8) is 0 Å². The third-order valence-corrected chi connectivity index (χ3v) is 4.30. The second kappa shape index (κ2) is 9.43. The molecule has 0 aliphatic rings. The molecule has 0 aliphatic heterocycles. The summed E-state index contributed by atoms with van der Waals surface area (Å²) in [5.41, 5.74) is -1.60. The van der Waals surface area contributed by atoms with Crippen LogP contribution in [0.1, 0.15) is 38.8 Å². The van der Waals surface area contributed by atoms with Crippen molar-refractivity contribution in [1.82, 2.24) is 5.32 Å². The first kappa shape index (κ1) is 22.9. The Labute approximate surface area is 176 Å². The normalized spacial score (nSPS) is 14.1. The molecule has 0 radical (unpaired) electrons. The average Bonchev–Trinajstić information content (AvgIpc) is 2.67. The number of benzene rings is 2. The third-order valence-electron chi connectivity index (χ3n) is 4.30. The smallest absolute Gasteiger partial charge is 0.408 e. The highest BCUT2D eigenvalue weighted by Crippen LogP contribution is 2.26. The lowest BCUT2D eigenvalue weighted by molar-refractivity contribution is -0.179. The molecule has 2 aromatic carbocycles. The highest BCUT2D eigenvalue weighted by Gasteiger charge is 2.41. The van der Waals surface area contributed by atoms with Crippen molar-refractivity contribution < 1.29 is 29.0 Å². The summed E-state index contributed by atoms with van der Waals surface area (Å²) in [6, 6.07) is 16.1. The van der Waals surface area contributed by atoms with E-state index in [4.69, 9.17) is 9.47 Å². The van der Waals surface area contributed by atoms with Crippen LogP contribution in [0.25, 0.3) is 0 Å². The van der Waals surface area contributed by atoms with E-state index in [2.05, 4.69) is 5.32 Å². The van der Waals surface area contributed by atoms with Crippen molar-refractivity contribution in [1.29, 1.82) is 0 Å². The highest BCUT2D eigenvalue weighted by atomic mass is 16.6. The lowest BCUT2D eigenvalue weighted by Gasteiger charge is -2.29. The number of hydrogen-bond acceptors (Lipinski definition) is 5. The third kappa shape index (κ3) is 6.34. The molecular formula is C23H27NO6. The van der Waals surface area contributed by atoms with Crippen LogP contribution in [0.4, 0.5) is 4.79 Å². The molecular weight excluding hydrogens is 386 g/mol. The molecule has 0 fully saturated rings. The van der Waals surface area contributed by atoms with Gasteiger partial charge in [-0.05, 0) is 33.3 Å². The van der Waals surface area contributed by atoms with E-state index in [-0.39, 0.29) is 6.42 Å². The van der Waals surface area contributed by atoms with E-state index in [0.29, 0.717) is 5.56 Å². The standard InChI is InChI=1S/C23H27NO6/c1-22(2,3)30-21(28)24-18(15-16-11-7-5-8-12-16)19(25)29-23(4,20(26)27)17-13-9-6-10-14-17/h5-14,18H,15H2,1-4H3,(H,24,28)(H,26,27)/t18-,23?/m0/s1. The first-order valence-corrected chi connectivity index (χ1v) is 9.56. The van der Waals surface area contributed by atoms with Gasteiger partial charge in [-0.1, -0.05) is 60.7 Å². The lowest BCUT2D eigenvalue weighted by Crippen LogP contribution is -2.49. The summed E-state index contributed by atoms with van der Waals surface area (Å²) < 4.78 is 10.7. The van der Waals surface area contributed by atoms with E-state index in [1.807, 2.05) is 6.07 Å². The topological polar surface area (TPSA) is 102 Å². The number of nitrogens with one attached hydrogen (secondary N) is 1. The molecule has 0 heterocycles. The van der Waals surface area contributed by atoms with Crippen LogP contribution in [0, 0.1) is 0 Å². The Hall–Kier alpha value is -3.35. The van der Waals surface area contributed by atoms with E-state index in [9.17, 15) is 19.5 Å². The first-order valence-electron chi connectivity index (χ1n) is 9.56. The summed E-state index contributed by atoms with van der Waals surface area (Å²) in [4.78, 5) is 37.2. The van der Waals surface area contributed by atoms with Crippen molar-refractivity contribution in [3.8, 4) is 0 Å². The summed E-state index contributed by atoms with van der Waals surface area (Å²) in [5, 5.41) is 12.3. The van der Waals surface area contributed by atoms with Crippen LogP contribution in [0.2, 0.25) is 0 Å². The second-order valence-corrected chi connectivity index (χ2v) is 8.01. The molecule has 30 heavy (non-hydrogen) atoms. The summed E-state index contributed by atoms with van der Waals surface area (Å²) in [7, 11) is 0. The van der Waals surface area contributed by atoms with Gasteiger partial charge in [-0.25, -0.2) is 14.4 Å². The number of carboxylic acids is 1. The molecule has 1 amide bonds. The van der Waals surface area contributed by atoms with E-state index < -0.39 is 35.3 Å². The fourth-order valence-corrected chi connectivity index (χ4v) is 2.75. The van der Waals surface area contributed by atoms with Gasteiger partial charge in [-0.2, -0.15) is 0 Å². The van der Waals surface area contributed by atoms with Crippen LogP contribution in [-0.2, 0) is 31.1 Å². The molecule has 2 N–H and O–H groups in total. The fourth-order valence-electron chi connectivity index (χ4n) is 2.75. The van der Waals surface area contributed by atoms with Crippen molar-refractivity contribution in [2.75, 3.05) is 0 Å². The number of carboxylic acid groups (broad SMARTS) is 1. The maximum absolute atomic E-state index is 13.0. The minimum Gasteiger partial charge on any atom is -0.478 e. The summed E-state index contributed by atoms with van der Waals surface area (Å²) in [5.74, 6) is -2.20. The average molecular weight is 413 g/mol. The van der Waals surface area contributed by atoms with Gasteiger partial charge in [-0.15, -0.1) is 0 Å². The minimum absolute atomic E-state index is 0.114. The quantitative estimate of drug-likeness (QED) is 0.672. The number of carbonyl (C=O) groups is 3. The molecule has 0 bridgehead atoms. The summed E-state index contributed by atoms with van der Waals surface area (Å²) >= 11 is 0. The van der Waals surface area contributed by atoms with Gasteiger partial charge < -0.3 is 19.9 Å². The molecule has 0 saturated carbocycles. The number of esters is 1. The van der Waals surface area contributed by atoms with Crippen LogP contribution in [0.5, 0.6) is 0 Å². The van der Waals surface area contributed by atoms with E-state index in [1.54, 1.807) is 75.4 Å². The monoisotopic (exact) mass is 413 g/mol. The molecule has 7 nitrogen and oxygen atoms in total. The van der Waals surface area contributed by atoms with Gasteiger partial charge in [0, 0.05) is 12.0 Å². The Morgan fingerprint density at radius 3 is 1.93 bits per heavy atom. The molecule has 2 rings (SSSR count). The SMILES string of the molecule is CC(C)(C)OC(=O)N[C@@H](Cc1ccccc1)C(=O)OC(C)(C(=O)O)c1ccccc1. The van der Waals surface area contributed by atoms with Gasteiger partial charge in [0.2, 0.25) is 5.60 Å². The van der Waals surface area contributed by atoms with Gasteiger partial charge in [0.25, 0.3) is 0 Å². The zero-order chi connectivity index (χ0) is 22.4. The molecule has 2 atom stereocenters. The van der Waals surface area contributed by atoms with Crippen molar-refractivity contribution in [2.45, 2.75) is 51.4 Å². The molecule has 2 aromatic rings. The predicted octanol–water partition coefficient (Wildman–Crippen LogP) is 3.67. The number of rotatable bonds is 7. The Balaban J connectivity index is 2.28. The second-order valence-electron chi connectivity index (χ2n) is 8.01. The van der Waals surface area contributed by atoms with Crippen molar-refractivity contribution in [3.05, 3.63) is 71.8 Å². The molecule has 0 aliphatic carbocycles. The minimum atomic E-state index is -1.91. The van der Waals surface area contributed by atoms with Crippen molar-refractivity contribution >= 4 is 18.0 Å². The van der Waals surface area contributed by atoms with Crippen LogP contribution < -0.4 is 5.32 Å². The number of carbonyl (C=O) groups excluding carboxylic acids is 2. The Bertz CT molecular complexity index is 876. The number of ether oxygens (including phenoxy) is 2. The van der Waals surface area contributed by atoms with Gasteiger partial charge in [-0.3, -0.25) is 0 Å². The maximum atomic E-state index is 13.0. The van der Waals surface area contributed by atoms with Crippen molar-refractivity contribution in [2.24, 2.45) is 0 Å². The van der Waals surface area contributed by atoms with Crippen LogP contribution in [0.3, 0.4) is 0 Å². The maximum Gasteiger partial charge on any atom is 0.408 e. The molecule has 0 spiro atoms. The van der Waals surface area contributed by atoms with Crippen LogP contribution in [-0.4, -0.2) is 34.8 Å². The molecule has 1 unspecified atom stereocenters. The van der Waals surface area contributed by atoms with Gasteiger partial charge in [0.15, 0.2) is 0 Å². The first-order chi connectivity index (χ1) is 14.0. The zero-order valence-corrected chi connectivity index (χ0v) is 17.5. The summed E-state index contributed by atoms with van der Waals surface area (Å²) in [6.07, 6.45) is -0.680. The van der Waals surface area contributed by atoms with Gasteiger partial charge in [0.1, 0.15) is 11.6 Å². The molecule has 0 aromatic heterocycles. The lowest BCUT2D eigenvalue weighted by atomic mass is 9.95. The summed E-state index contributed by atoms with van der Waals surface area (Å²) in [6.45, 7) is 6.41. The Morgan fingerprint density at radius 2 is 1.43 bits per heavy atom. The molecule has 0 saturated heterocycles. The molecule has 7 heteroatoms. The predicted molar refractivity (Wildman–Crippen MR) is 111 cm³/mol. The number of alkyl carbamates (subject to hydrolysis) is 1. The number of aliphatic carboxylic acids is 1. The van der Waals surface area contributed by atoms with Crippen LogP contribution >= 0.6 is 0 Å². The van der Waals surface area contributed by atoms with E-state index in [1.165, 1.54) is 6.92 Å². The van der Waals surface area contributed by atoms with Gasteiger partial charge >= 0.3 is 18.0 Å². The largest absolute Gasteiger partial charge is 0.478 e. The number of amides is 1.